The van der Waals surface area contributed by atoms with E-state index in [0.717, 1.165) is 47.3 Å². The summed E-state index contributed by atoms with van der Waals surface area (Å²) < 4.78 is 0. The van der Waals surface area contributed by atoms with Crippen molar-refractivity contribution in [2.24, 2.45) is 47.3 Å². The number of fused-ring (bicyclic) bond motifs is 2. The van der Waals surface area contributed by atoms with Gasteiger partial charge in [-0.1, -0.05) is 11.1 Å². The Balaban J connectivity index is 1.42. The standard InChI is InChI=1S/C22H32/c1-13-3-17-4-14(1)8-19(7-13)21(11-17)22-12-18-5-15-2-16(6-18)10-20(22)9-15/h13-20H,1-12H2/b22-21+. The van der Waals surface area contributed by atoms with Crippen LogP contribution < -0.4 is 0 Å². The van der Waals surface area contributed by atoms with Gasteiger partial charge < -0.3 is 0 Å². The molecule has 8 bridgehead atoms. The average molecular weight is 296 g/mol. The van der Waals surface area contributed by atoms with Gasteiger partial charge in [-0.3, -0.25) is 0 Å². The quantitative estimate of drug-likeness (QED) is 0.483. The summed E-state index contributed by atoms with van der Waals surface area (Å²) in [5.74, 6) is 8.77. The number of hydrogen-bond donors (Lipinski definition) is 0. The lowest BCUT2D eigenvalue weighted by molar-refractivity contribution is 0.136. The van der Waals surface area contributed by atoms with Gasteiger partial charge in [0.25, 0.3) is 0 Å². The first kappa shape index (κ1) is 13.1. The molecule has 4 unspecified atom stereocenters. The summed E-state index contributed by atoms with van der Waals surface area (Å²) in [7, 11) is 0. The largest absolute Gasteiger partial charge is 0.0673 e. The lowest BCUT2D eigenvalue weighted by Crippen LogP contribution is -2.28. The molecule has 120 valence electrons. The second-order valence-corrected chi connectivity index (χ2v) is 10.4. The number of rotatable bonds is 0. The highest BCUT2D eigenvalue weighted by Gasteiger charge is 2.46. The summed E-state index contributed by atoms with van der Waals surface area (Å²) in [6.07, 6.45) is 19.1. The molecule has 0 amide bonds. The van der Waals surface area contributed by atoms with Crippen molar-refractivity contribution in [1.82, 2.24) is 0 Å². The predicted molar refractivity (Wildman–Crippen MR) is 90.4 cm³/mol. The van der Waals surface area contributed by atoms with Crippen molar-refractivity contribution >= 4 is 0 Å². The van der Waals surface area contributed by atoms with Crippen LogP contribution in [0.15, 0.2) is 11.1 Å². The molecular weight excluding hydrogens is 264 g/mol. The fourth-order valence-electron chi connectivity index (χ4n) is 8.62. The molecule has 0 N–H and O–H groups in total. The molecule has 0 heterocycles. The summed E-state index contributed by atoms with van der Waals surface area (Å²) in [4.78, 5) is 0. The van der Waals surface area contributed by atoms with Crippen LogP contribution in [0.5, 0.6) is 0 Å². The third-order valence-electron chi connectivity index (χ3n) is 8.89. The maximum Gasteiger partial charge on any atom is -0.0195 e. The zero-order valence-electron chi connectivity index (χ0n) is 14.1. The third kappa shape index (κ3) is 1.94. The van der Waals surface area contributed by atoms with E-state index in [-0.39, 0.29) is 0 Å². The summed E-state index contributed by atoms with van der Waals surface area (Å²) in [6.45, 7) is 0. The van der Waals surface area contributed by atoms with Crippen LogP contribution in [0.1, 0.15) is 77.0 Å². The Morgan fingerprint density at radius 2 is 0.682 bits per heavy atom. The van der Waals surface area contributed by atoms with Gasteiger partial charge in [0, 0.05) is 0 Å². The van der Waals surface area contributed by atoms with Gasteiger partial charge in [0.05, 0.1) is 0 Å². The van der Waals surface area contributed by atoms with E-state index < -0.39 is 0 Å². The second-order valence-electron chi connectivity index (χ2n) is 10.4. The zero-order valence-corrected chi connectivity index (χ0v) is 14.1. The lowest BCUT2D eigenvalue weighted by Gasteiger charge is -2.39. The van der Waals surface area contributed by atoms with Gasteiger partial charge in [-0.15, -0.1) is 0 Å². The topological polar surface area (TPSA) is 0 Å². The summed E-state index contributed by atoms with van der Waals surface area (Å²) >= 11 is 0. The van der Waals surface area contributed by atoms with Crippen LogP contribution in [0.4, 0.5) is 0 Å². The molecule has 8 aliphatic rings. The molecule has 22 heavy (non-hydrogen) atoms. The molecule has 0 aromatic heterocycles. The molecule has 0 saturated heterocycles. The molecule has 0 aromatic rings. The Morgan fingerprint density at radius 1 is 0.364 bits per heavy atom. The predicted octanol–water partition coefficient (Wildman–Crippen LogP) is 5.98. The summed E-state index contributed by atoms with van der Waals surface area (Å²) in [5.41, 5.74) is 4.15. The van der Waals surface area contributed by atoms with Crippen LogP contribution in [-0.4, -0.2) is 0 Å². The van der Waals surface area contributed by atoms with Crippen LogP contribution in [0.25, 0.3) is 0 Å². The van der Waals surface area contributed by atoms with Crippen molar-refractivity contribution in [2.45, 2.75) is 77.0 Å². The number of hydrogen-bond acceptors (Lipinski definition) is 0. The van der Waals surface area contributed by atoms with Crippen molar-refractivity contribution < 1.29 is 0 Å². The van der Waals surface area contributed by atoms with E-state index >= 15 is 0 Å². The number of allylic oxidation sites excluding steroid dienone is 2. The van der Waals surface area contributed by atoms with E-state index in [0.29, 0.717) is 0 Å². The highest BCUT2D eigenvalue weighted by molar-refractivity contribution is 5.27. The van der Waals surface area contributed by atoms with E-state index in [4.69, 9.17) is 0 Å². The van der Waals surface area contributed by atoms with Crippen molar-refractivity contribution in [2.75, 3.05) is 0 Å². The Kier molecular flexibility index (Phi) is 2.76. The molecule has 0 aliphatic heterocycles. The molecule has 4 atom stereocenters. The Morgan fingerprint density at radius 3 is 1.05 bits per heavy atom. The molecule has 0 spiro atoms. The fraction of sp³-hybridized carbons (Fsp3) is 0.909. The van der Waals surface area contributed by atoms with Crippen molar-refractivity contribution in [3.8, 4) is 0 Å². The van der Waals surface area contributed by atoms with Crippen molar-refractivity contribution in [3.63, 3.8) is 0 Å². The fourth-order valence-corrected chi connectivity index (χ4v) is 8.62. The van der Waals surface area contributed by atoms with E-state index in [1.54, 1.807) is 77.0 Å². The Labute approximate surface area is 136 Å². The van der Waals surface area contributed by atoms with Crippen LogP contribution in [0, 0.1) is 47.3 Å². The Hall–Kier alpha value is -0.260. The highest BCUT2D eigenvalue weighted by Crippen LogP contribution is 2.58. The summed E-state index contributed by atoms with van der Waals surface area (Å²) in [5, 5.41) is 0. The zero-order chi connectivity index (χ0) is 14.3. The van der Waals surface area contributed by atoms with Crippen LogP contribution in [-0.2, 0) is 0 Å². The maximum absolute atomic E-state index is 2.08. The van der Waals surface area contributed by atoms with E-state index in [9.17, 15) is 0 Å². The smallest absolute Gasteiger partial charge is 0.0195 e. The van der Waals surface area contributed by atoms with Gasteiger partial charge in [-0.2, -0.15) is 0 Å². The maximum atomic E-state index is 2.08. The third-order valence-corrected chi connectivity index (χ3v) is 8.89. The van der Waals surface area contributed by atoms with Gasteiger partial charge in [-0.05, 0) is 124 Å². The monoisotopic (exact) mass is 296 g/mol. The van der Waals surface area contributed by atoms with Crippen molar-refractivity contribution in [1.29, 1.82) is 0 Å². The lowest BCUT2D eigenvalue weighted by atomic mass is 9.66. The second kappa shape index (κ2) is 4.64. The van der Waals surface area contributed by atoms with E-state index in [1.165, 1.54) is 0 Å². The van der Waals surface area contributed by atoms with Crippen LogP contribution >= 0.6 is 0 Å². The SMILES string of the molecule is C1/C(=C2/CC3CC4CC(C3)CC2C4)C2CC3CC1CC(C3)C2. The molecular formula is C22H32. The van der Waals surface area contributed by atoms with Gasteiger partial charge in [0.15, 0.2) is 0 Å². The molecule has 0 aromatic carbocycles. The molecule has 8 saturated carbocycles. The first-order valence-corrected chi connectivity index (χ1v) is 10.5. The minimum atomic E-state index is 1.04. The Bertz CT molecular complexity index is 440. The van der Waals surface area contributed by atoms with Gasteiger partial charge in [0.1, 0.15) is 0 Å². The first-order chi connectivity index (χ1) is 10.8. The van der Waals surface area contributed by atoms with Gasteiger partial charge >= 0.3 is 0 Å². The van der Waals surface area contributed by atoms with Crippen LogP contribution in [0.2, 0.25) is 0 Å². The van der Waals surface area contributed by atoms with Gasteiger partial charge in [-0.25, -0.2) is 0 Å². The van der Waals surface area contributed by atoms with Crippen LogP contribution in [0.3, 0.4) is 0 Å². The molecule has 8 fully saturated rings. The normalized spacial score (nSPS) is 58.9. The highest BCUT2D eigenvalue weighted by atomic mass is 14.5. The molecule has 0 heteroatoms. The van der Waals surface area contributed by atoms with Crippen molar-refractivity contribution in [3.05, 3.63) is 11.1 Å². The van der Waals surface area contributed by atoms with Gasteiger partial charge in [0.2, 0.25) is 0 Å². The first-order valence-electron chi connectivity index (χ1n) is 10.5. The molecule has 0 radical (unpaired) electrons. The average Bonchev–Trinajstić information content (AvgIpc) is 2.79. The van der Waals surface area contributed by atoms with E-state index in [1.807, 2.05) is 0 Å². The molecule has 8 aliphatic carbocycles. The summed E-state index contributed by atoms with van der Waals surface area (Å²) in [6, 6.07) is 0. The minimum absolute atomic E-state index is 1.04. The molecule has 8 rings (SSSR count). The minimum Gasteiger partial charge on any atom is -0.0673 e. The molecule has 0 nitrogen and oxygen atoms in total. The van der Waals surface area contributed by atoms with E-state index in [2.05, 4.69) is 11.1 Å².